The molecule has 0 saturated carbocycles. The number of nitrogens with one attached hydrogen (secondary N) is 1. The summed E-state index contributed by atoms with van der Waals surface area (Å²) in [7, 11) is -3.55. The van der Waals surface area contributed by atoms with Gasteiger partial charge in [0, 0.05) is 31.2 Å². The van der Waals surface area contributed by atoms with E-state index in [-0.39, 0.29) is 12.5 Å². The van der Waals surface area contributed by atoms with Crippen LogP contribution in [0.4, 0.5) is 5.69 Å². The summed E-state index contributed by atoms with van der Waals surface area (Å²) >= 11 is 11.9. The Kier molecular flexibility index (Phi) is 6.86. The van der Waals surface area contributed by atoms with Crippen LogP contribution in [0.15, 0.2) is 41.3 Å². The van der Waals surface area contributed by atoms with Crippen molar-refractivity contribution in [3.63, 3.8) is 0 Å². The molecule has 0 aromatic heterocycles. The van der Waals surface area contributed by atoms with Crippen LogP contribution in [0.2, 0.25) is 10.0 Å². The Morgan fingerprint density at radius 3 is 2.38 bits per heavy atom. The van der Waals surface area contributed by atoms with Crippen LogP contribution >= 0.6 is 23.2 Å². The van der Waals surface area contributed by atoms with Crippen LogP contribution in [0.1, 0.15) is 11.1 Å². The summed E-state index contributed by atoms with van der Waals surface area (Å²) in [5.74, 6) is -0.208. The molecule has 0 atom stereocenters. The van der Waals surface area contributed by atoms with Crippen LogP contribution in [-0.4, -0.2) is 56.3 Å². The zero-order valence-corrected chi connectivity index (χ0v) is 18.6. The zero-order chi connectivity index (χ0) is 21.2. The maximum atomic E-state index is 13.0. The lowest BCUT2D eigenvalue weighted by molar-refractivity contribution is -0.117. The van der Waals surface area contributed by atoms with E-state index >= 15 is 0 Å². The Morgan fingerprint density at radius 2 is 1.72 bits per heavy atom. The normalized spacial score (nSPS) is 16.0. The number of rotatable bonds is 5. The van der Waals surface area contributed by atoms with Gasteiger partial charge < -0.3 is 5.32 Å². The van der Waals surface area contributed by atoms with E-state index in [1.807, 2.05) is 24.0 Å². The van der Waals surface area contributed by atoms with Crippen LogP contribution in [-0.2, 0) is 14.8 Å². The second kappa shape index (κ2) is 9.02. The predicted molar refractivity (Wildman–Crippen MR) is 116 cm³/mol. The monoisotopic (exact) mass is 455 g/mol. The van der Waals surface area contributed by atoms with Crippen molar-refractivity contribution in [2.45, 2.75) is 18.7 Å². The highest BCUT2D eigenvalue weighted by Gasteiger charge is 2.30. The second-order valence-electron chi connectivity index (χ2n) is 7.12. The number of nitrogens with zero attached hydrogens (tertiary/aromatic N) is 2. The quantitative estimate of drug-likeness (QED) is 0.747. The first-order valence-corrected chi connectivity index (χ1v) is 11.4. The van der Waals surface area contributed by atoms with Gasteiger partial charge in [-0.2, -0.15) is 4.31 Å². The van der Waals surface area contributed by atoms with E-state index in [1.54, 1.807) is 31.2 Å². The van der Waals surface area contributed by atoms with Crippen molar-refractivity contribution in [1.29, 1.82) is 0 Å². The molecule has 29 heavy (non-hydrogen) atoms. The molecule has 1 N–H and O–H groups in total. The molecule has 1 amide bonds. The van der Waals surface area contributed by atoms with Gasteiger partial charge in [-0.3, -0.25) is 9.69 Å². The zero-order valence-electron chi connectivity index (χ0n) is 16.3. The molecule has 156 valence electrons. The van der Waals surface area contributed by atoms with Gasteiger partial charge in [0.2, 0.25) is 15.9 Å². The molecule has 1 aliphatic rings. The van der Waals surface area contributed by atoms with Gasteiger partial charge in [0.15, 0.2) is 0 Å². The summed E-state index contributed by atoms with van der Waals surface area (Å²) < 4.78 is 27.5. The van der Waals surface area contributed by atoms with Crippen LogP contribution in [0.25, 0.3) is 0 Å². The van der Waals surface area contributed by atoms with Gasteiger partial charge in [0.05, 0.1) is 22.2 Å². The maximum absolute atomic E-state index is 13.0. The van der Waals surface area contributed by atoms with Gasteiger partial charge in [-0.25, -0.2) is 8.42 Å². The molecule has 0 unspecified atom stereocenters. The predicted octanol–water partition coefficient (Wildman–Crippen LogP) is 3.56. The van der Waals surface area contributed by atoms with Crippen molar-refractivity contribution in [3.8, 4) is 0 Å². The van der Waals surface area contributed by atoms with Crippen molar-refractivity contribution >= 4 is 44.8 Å². The van der Waals surface area contributed by atoms with E-state index in [1.165, 1.54) is 4.31 Å². The minimum atomic E-state index is -3.55. The topological polar surface area (TPSA) is 69.7 Å². The average molecular weight is 456 g/mol. The third kappa shape index (κ3) is 5.29. The highest BCUT2D eigenvalue weighted by Crippen LogP contribution is 2.25. The number of amides is 1. The summed E-state index contributed by atoms with van der Waals surface area (Å²) in [4.78, 5) is 14.6. The van der Waals surface area contributed by atoms with E-state index in [4.69, 9.17) is 23.2 Å². The van der Waals surface area contributed by atoms with Gasteiger partial charge >= 0.3 is 0 Å². The second-order valence-corrected chi connectivity index (χ2v) is 9.87. The van der Waals surface area contributed by atoms with Gasteiger partial charge in [0.1, 0.15) is 0 Å². The molecule has 9 heteroatoms. The Labute approximate surface area is 181 Å². The molecule has 2 aromatic rings. The minimum absolute atomic E-state index is 0.163. The van der Waals surface area contributed by atoms with E-state index in [2.05, 4.69) is 5.32 Å². The summed E-state index contributed by atoms with van der Waals surface area (Å²) in [6, 6.07) is 10.3. The lowest BCUT2D eigenvalue weighted by atomic mass is 10.2. The molecule has 1 fully saturated rings. The van der Waals surface area contributed by atoms with E-state index in [0.29, 0.717) is 46.8 Å². The smallest absolute Gasteiger partial charge is 0.243 e. The fraction of sp³-hybridized carbons (Fsp3) is 0.350. The van der Waals surface area contributed by atoms with Gasteiger partial charge in [-0.05, 0) is 49.2 Å². The molecule has 1 aliphatic heterocycles. The number of piperazine rings is 1. The standard InChI is InChI=1S/C20H23Cl2N3O3S/c1-14-3-4-15(2)19(11-14)29(27,28)25-9-7-24(8-10-25)13-20(26)23-18-6-5-16(21)12-17(18)22/h3-6,11-12H,7-10,13H2,1-2H3,(H,23,26). The van der Waals surface area contributed by atoms with Crippen molar-refractivity contribution in [1.82, 2.24) is 9.21 Å². The number of carbonyl (C=O) groups excluding carboxylic acids is 1. The molecule has 0 aliphatic carbocycles. The maximum Gasteiger partial charge on any atom is 0.243 e. The largest absolute Gasteiger partial charge is 0.324 e. The number of aryl methyl sites for hydroxylation is 2. The van der Waals surface area contributed by atoms with Crippen LogP contribution in [0.3, 0.4) is 0 Å². The third-order valence-corrected chi connectivity index (χ3v) is 7.45. The number of halogens is 2. The van der Waals surface area contributed by atoms with Crippen molar-refractivity contribution in [3.05, 3.63) is 57.6 Å². The van der Waals surface area contributed by atoms with Crippen molar-refractivity contribution in [2.75, 3.05) is 38.0 Å². The molecule has 1 saturated heterocycles. The van der Waals surface area contributed by atoms with E-state index in [0.717, 1.165) is 11.1 Å². The molecule has 1 heterocycles. The van der Waals surface area contributed by atoms with Crippen LogP contribution in [0, 0.1) is 13.8 Å². The number of sulfonamides is 1. The highest BCUT2D eigenvalue weighted by molar-refractivity contribution is 7.89. The summed E-state index contributed by atoms with van der Waals surface area (Å²) in [6.45, 7) is 5.47. The molecule has 0 radical (unpaired) electrons. The number of carbonyl (C=O) groups is 1. The van der Waals surface area contributed by atoms with E-state index in [9.17, 15) is 13.2 Å². The fourth-order valence-electron chi connectivity index (χ4n) is 3.24. The molecule has 0 bridgehead atoms. The fourth-order valence-corrected chi connectivity index (χ4v) is 5.42. The van der Waals surface area contributed by atoms with Crippen molar-refractivity contribution < 1.29 is 13.2 Å². The first-order chi connectivity index (χ1) is 13.7. The summed E-state index contributed by atoms with van der Waals surface area (Å²) in [5.41, 5.74) is 2.14. The third-order valence-electron chi connectivity index (χ3n) is 4.87. The lowest BCUT2D eigenvalue weighted by Crippen LogP contribution is -2.50. The van der Waals surface area contributed by atoms with E-state index < -0.39 is 10.0 Å². The molecule has 2 aromatic carbocycles. The Bertz CT molecular complexity index is 1020. The molecular formula is C20H23Cl2N3O3S. The number of hydrogen-bond donors (Lipinski definition) is 1. The first kappa shape index (κ1) is 22.1. The van der Waals surface area contributed by atoms with Crippen LogP contribution < -0.4 is 5.32 Å². The SMILES string of the molecule is Cc1ccc(C)c(S(=O)(=O)N2CCN(CC(=O)Nc3ccc(Cl)cc3Cl)CC2)c1. The Morgan fingerprint density at radius 1 is 1.03 bits per heavy atom. The molecule has 3 rings (SSSR count). The number of anilines is 1. The average Bonchev–Trinajstić information content (AvgIpc) is 2.66. The molecule has 6 nitrogen and oxygen atoms in total. The molecular weight excluding hydrogens is 433 g/mol. The number of benzene rings is 2. The van der Waals surface area contributed by atoms with Gasteiger partial charge in [-0.1, -0.05) is 35.3 Å². The molecule has 0 spiro atoms. The Hall–Kier alpha value is -1.64. The lowest BCUT2D eigenvalue weighted by Gasteiger charge is -2.33. The van der Waals surface area contributed by atoms with Gasteiger partial charge in [-0.15, -0.1) is 0 Å². The summed E-state index contributed by atoms with van der Waals surface area (Å²) in [5, 5.41) is 3.63. The summed E-state index contributed by atoms with van der Waals surface area (Å²) in [6.07, 6.45) is 0. The first-order valence-electron chi connectivity index (χ1n) is 9.21. The highest BCUT2D eigenvalue weighted by atomic mass is 35.5. The van der Waals surface area contributed by atoms with Crippen LogP contribution in [0.5, 0.6) is 0 Å². The number of hydrogen-bond acceptors (Lipinski definition) is 4. The minimum Gasteiger partial charge on any atom is -0.324 e. The van der Waals surface area contributed by atoms with Gasteiger partial charge in [0.25, 0.3) is 0 Å². The Balaban J connectivity index is 1.58. The van der Waals surface area contributed by atoms with Crippen molar-refractivity contribution in [2.24, 2.45) is 0 Å².